The number of carbonyl (C=O) groups excluding carboxylic acids is 2. The van der Waals surface area contributed by atoms with E-state index in [0.717, 1.165) is 11.2 Å². The number of rotatable bonds is 5. The Morgan fingerprint density at radius 1 is 1.04 bits per heavy atom. The maximum absolute atomic E-state index is 12.1. The first kappa shape index (κ1) is 15.7. The zero-order chi connectivity index (χ0) is 16.9. The summed E-state index contributed by atoms with van der Waals surface area (Å²) < 4.78 is 1.80. The summed E-state index contributed by atoms with van der Waals surface area (Å²) in [4.78, 5) is 24.0. The summed E-state index contributed by atoms with van der Waals surface area (Å²) in [5, 5.41) is 13.4. The summed E-state index contributed by atoms with van der Waals surface area (Å²) in [6.45, 7) is 2.00. The van der Waals surface area contributed by atoms with Crippen LogP contribution in [0.2, 0.25) is 0 Å². The molecule has 7 heteroatoms. The average molecular weight is 323 g/mol. The van der Waals surface area contributed by atoms with Crippen LogP contribution < -0.4 is 10.6 Å². The zero-order valence-corrected chi connectivity index (χ0v) is 13.2. The highest BCUT2D eigenvalue weighted by atomic mass is 16.2. The van der Waals surface area contributed by atoms with E-state index in [9.17, 15) is 9.59 Å². The summed E-state index contributed by atoms with van der Waals surface area (Å²) in [7, 11) is 0. The van der Waals surface area contributed by atoms with Gasteiger partial charge in [0.2, 0.25) is 5.91 Å². The van der Waals surface area contributed by atoms with Gasteiger partial charge < -0.3 is 10.6 Å². The second kappa shape index (κ2) is 6.91. The Kier molecular flexibility index (Phi) is 4.51. The Balaban J connectivity index is 1.53. The predicted octanol–water partition coefficient (Wildman–Crippen LogP) is 1.08. The summed E-state index contributed by atoms with van der Waals surface area (Å²) in [6, 6.07) is 12.8. The number of hydrogen-bond acceptors (Lipinski definition) is 4. The van der Waals surface area contributed by atoms with E-state index in [4.69, 9.17) is 0 Å². The minimum Gasteiger partial charge on any atom is -0.347 e. The fourth-order valence-corrected chi connectivity index (χ4v) is 2.34. The molecule has 7 nitrogen and oxygen atoms in total. The molecule has 0 aliphatic rings. The van der Waals surface area contributed by atoms with Crippen LogP contribution in [0.15, 0.2) is 48.7 Å². The van der Waals surface area contributed by atoms with Crippen LogP contribution in [0.5, 0.6) is 0 Å². The van der Waals surface area contributed by atoms with Crippen LogP contribution in [0.3, 0.4) is 0 Å². The van der Waals surface area contributed by atoms with Gasteiger partial charge in [0.25, 0.3) is 5.91 Å². The lowest BCUT2D eigenvalue weighted by atomic mass is 10.1. The number of amides is 2. The fraction of sp³-hybridized carbons (Fsp3) is 0.176. The van der Waals surface area contributed by atoms with Gasteiger partial charge in [0.15, 0.2) is 11.5 Å². The first-order valence-electron chi connectivity index (χ1n) is 7.54. The van der Waals surface area contributed by atoms with Crippen molar-refractivity contribution < 1.29 is 9.59 Å². The van der Waals surface area contributed by atoms with E-state index < -0.39 is 0 Å². The molecule has 2 amide bonds. The van der Waals surface area contributed by atoms with Crippen molar-refractivity contribution in [2.75, 3.05) is 6.54 Å². The van der Waals surface area contributed by atoms with Crippen molar-refractivity contribution in [3.8, 4) is 0 Å². The molecule has 0 saturated heterocycles. The average Bonchev–Trinajstić information content (AvgIpc) is 3.01. The van der Waals surface area contributed by atoms with Gasteiger partial charge in [-0.25, -0.2) is 0 Å². The van der Waals surface area contributed by atoms with Gasteiger partial charge in [-0.15, -0.1) is 10.2 Å². The third-order valence-corrected chi connectivity index (χ3v) is 3.63. The Labute approximate surface area is 138 Å². The van der Waals surface area contributed by atoms with Crippen molar-refractivity contribution in [2.45, 2.75) is 13.5 Å². The number of hydrogen-bond donors (Lipinski definition) is 2. The summed E-state index contributed by atoms with van der Waals surface area (Å²) >= 11 is 0. The Bertz CT molecular complexity index is 887. The van der Waals surface area contributed by atoms with Gasteiger partial charge in [0.05, 0.1) is 13.1 Å². The molecule has 2 aromatic heterocycles. The quantitative estimate of drug-likeness (QED) is 0.735. The number of nitrogens with one attached hydrogen (secondary N) is 2. The minimum absolute atomic E-state index is 0.0933. The zero-order valence-electron chi connectivity index (χ0n) is 13.2. The Morgan fingerprint density at radius 2 is 1.83 bits per heavy atom. The van der Waals surface area contributed by atoms with Crippen LogP contribution >= 0.6 is 0 Å². The van der Waals surface area contributed by atoms with Gasteiger partial charge in [-0.2, -0.15) is 0 Å². The molecule has 1 aromatic carbocycles. The molecule has 0 atom stereocenters. The summed E-state index contributed by atoms with van der Waals surface area (Å²) in [5.41, 5.74) is 2.15. The van der Waals surface area contributed by atoms with Crippen LogP contribution in [0.1, 0.15) is 21.7 Å². The van der Waals surface area contributed by atoms with Crippen LogP contribution in [0.25, 0.3) is 5.65 Å². The lowest BCUT2D eigenvalue weighted by molar-refractivity contribution is -0.120. The number of aryl methyl sites for hydroxylation is 1. The van der Waals surface area contributed by atoms with Gasteiger partial charge in [0.1, 0.15) is 0 Å². The molecule has 122 valence electrons. The van der Waals surface area contributed by atoms with Crippen molar-refractivity contribution in [2.24, 2.45) is 0 Å². The smallest absolute Gasteiger partial charge is 0.251 e. The molecular weight excluding hydrogens is 306 g/mol. The lowest BCUT2D eigenvalue weighted by Gasteiger charge is -2.08. The highest BCUT2D eigenvalue weighted by Crippen LogP contribution is 2.06. The third kappa shape index (κ3) is 3.40. The molecule has 24 heavy (non-hydrogen) atoms. The molecule has 0 fully saturated rings. The van der Waals surface area contributed by atoms with Crippen molar-refractivity contribution >= 4 is 17.5 Å². The molecule has 0 bridgehead atoms. The standard InChI is InChI=1S/C17H17N5O2/c1-12-6-2-3-7-13(12)17(24)19-11-16(23)18-10-15-21-20-14-8-4-5-9-22(14)15/h2-9H,10-11H2,1H3,(H,18,23)(H,19,24). The van der Waals surface area contributed by atoms with Crippen LogP contribution in [0.4, 0.5) is 0 Å². The van der Waals surface area contributed by atoms with Crippen LogP contribution in [-0.4, -0.2) is 33.0 Å². The van der Waals surface area contributed by atoms with Gasteiger partial charge in [-0.05, 0) is 30.7 Å². The van der Waals surface area contributed by atoms with E-state index in [1.54, 1.807) is 16.5 Å². The van der Waals surface area contributed by atoms with E-state index in [0.29, 0.717) is 11.4 Å². The second-order valence-electron chi connectivity index (χ2n) is 5.32. The molecule has 0 saturated carbocycles. The van der Waals surface area contributed by atoms with E-state index in [-0.39, 0.29) is 24.9 Å². The first-order chi connectivity index (χ1) is 11.6. The molecule has 0 radical (unpaired) electrons. The molecule has 2 heterocycles. The first-order valence-corrected chi connectivity index (χ1v) is 7.54. The second-order valence-corrected chi connectivity index (χ2v) is 5.32. The normalized spacial score (nSPS) is 10.5. The van der Waals surface area contributed by atoms with E-state index in [2.05, 4.69) is 20.8 Å². The SMILES string of the molecule is Cc1ccccc1C(=O)NCC(=O)NCc1nnc2ccccn12. The number of aromatic nitrogens is 3. The summed E-state index contributed by atoms with van der Waals surface area (Å²) in [5.74, 6) is 0.0740. The number of fused-ring (bicyclic) bond motifs is 1. The molecular formula is C17H17N5O2. The highest BCUT2D eigenvalue weighted by Gasteiger charge is 2.11. The number of nitrogens with zero attached hydrogens (tertiary/aromatic N) is 3. The topological polar surface area (TPSA) is 88.4 Å². The van der Waals surface area contributed by atoms with E-state index >= 15 is 0 Å². The highest BCUT2D eigenvalue weighted by molar-refractivity contribution is 5.97. The van der Waals surface area contributed by atoms with Crippen LogP contribution in [-0.2, 0) is 11.3 Å². The van der Waals surface area contributed by atoms with Gasteiger partial charge in [-0.3, -0.25) is 14.0 Å². The van der Waals surface area contributed by atoms with Crippen molar-refractivity contribution in [1.82, 2.24) is 25.2 Å². The molecule has 0 unspecified atom stereocenters. The van der Waals surface area contributed by atoms with Crippen molar-refractivity contribution in [1.29, 1.82) is 0 Å². The molecule has 0 aliphatic carbocycles. The van der Waals surface area contributed by atoms with Gasteiger partial charge in [0, 0.05) is 11.8 Å². The Hall–Kier alpha value is -3.22. The number of pyridine rings is 1. The lowest BCUT2D eigenvalue weighted by Crippen LogP contribution is -2.37. The molecule has 0 aliphatic heterocycles. The number of carbonyl (C=O) groups is 2. The molecule has 3 rings (SSSR count). The minimum atomic E-state index is -0.287. The third-order valence-electron chi connectivity index (χ3n) is 3.63. The van der Waals surface area contributed by atoms with Crippen molar-refractivity contribution in [3.63, 3.8) is 0 Å². The molecule has 3 aromatic rings. The monoisotopic (exact) mass is 323 g/mol. The van der Waals surface area contributed by atoms with Gasteiger partial charge >= 0.3 is 0 Å². The maximum atomic E-state index is 12.1. The molecule has 0 spiro atoms. The van der Waals surface area contributed by atoms with Crippen LogP contribution in [0, 0.1) is 6.92 Å². The maximum Gasteiger partial charge on any atom is 0.251 e. The largest absolute Gasteiger partial charge is 0.347 e. The molecule has 2 N–H and O–H groups in total. The Morgan fingerprint density at radius 3 is 2.67 bits per heavy atom. The fourth-order valence-electron chi connectivity index (χ4n) is 2.34. The number of benzene rings is 1. The summed E-state index contributed by atoms with van der Waals surface area (Å²) in [6.07, 6.45) is 1.83. The van der Waals surface area contributed by atoms with E-state index in [1.807, 2.05) is 43.5 Å². The predicted molar refractivity (Wildman–Crippen MR) is 88.3 cm³/mol. The van der Waals surface area contributed by atoms with Crippen molar-refractivity contribution in [3.05, 3.63) is 65.6 Å². The van der Waals surface area contributed by atoms with E-state index in [1.165, 1.54) is 0 Å². The van der Waals surface area contributed by atoms with Gasteiger partial charge in [-0.1, -0.05) is 24.3 Å².